The molecule has 3 aromatic heterocycles. The van der Waals surface area contributed by atoms with E-state index >= 15 is 0 Å². The molecule has 12 aromatic rings. The summed E-state index contributed by atoms with van der Waals surface area (Å²) in [5, 5.41) is 1.86. The normalized spacial score (nSPS) is 16.3. The molecule has 0 bridgehead atoms. The van der Waals surface area contributed by atoms with Gasteiger partial charge < -0.3 is 4.57 Å². The largest absolute Gasteiger partial charge is 0 e. The maximum absolute atomic E-state index is 10.4. The summed E-state index contributed by atoms with van der Waals surface area (Å²) >= 11 is -7.21. The van der Waals surface area contributed by atoms with E-state index in [1.165, 1.54) is 22.8 Å². The van der Waals surface area contributed by atoms with Crippen LogP contribution in [0.1, 0.15) is 56.5 Å². The Balaban J connectivity index is 0.00000901. The van der Waals surface area contributed by atoms with Crippen LogP contribution in [0.3, 0.4) is 0 Å². The molecular weight excluding hydrogens is 1120 g/mol. The van der Waals surface area contributed by atoms with Crippen molar-refractivity contribution in [2.75, 3.05) is 0 Å². The Hall–Kier alpha value is -7.57. The van der Waals surface area contributed by atoms with Gasteiger partial charge in [-0.05, 0) is 34.6 Å². The van der Waals surface area contributed by atoms with E-state index in [2.05, 4.69) is 39.2 Å². The fraction of sp³-hybridized carbons (Fsp3) is 0.0769. The average molecular weight is 1190 g/mol. The molecule has 0 atom stereocenters. The molecule has 0 aliphatic heterocycles. The summed E-state index contributed by atoms with van der Waals surface area (Å²) < 4.78 is 211. The summed E-state index contributed by atoms with van der Waals surface area (Å²) in [6, 6.07) is 19.2. The third kappa shape index (κ3) is 8.40. The smallest absolute Gasteiger partial charge is 0 e. The van der Waals surface area contributed by atoms with Crippen molar-refractivity contribution in [2.45, 2.75) is 31.9 Å². The van der Waals surface area contributed by atoms with Crippen molar-refractivity contribution in [3.05, 3.63) is 254 Å². The quantitative estimate of drug-likeness (QED) is 0.0777. The monoisotopic (exact) mass is 1190 g/mol. The van der Waals surface area contributed by atoms with Crippen molar-refractivity contribution in [2.24, 2.45) is 0 Å². The van der Waals surface area contributed by atoms with E-state index < -0.39 is 158 Å². The number of pyridine rings is 1. The van der Waals surface area contributed by atoms with Crippen LogP contribution < -0.4 is 22.5 Å². The van der Waals surface area contributed by atoms with Crippen LogP contribution in [-0.2, 0) is 26.5 Å². The van der Waals surface area contributed by atoms with Gasteiger partial charge in [0.15, 0.2) is 0 Å². The number of hydrogen-bond donors (Lipinski definition) is 0. The van der Waals surface area contributed by atoms with Gasteiger partial charge in [0.2, 0.25) is 0 Å². The summed E-state index contributed by atoms with van der Waals surface area (Å²) in [5.41, 5.74) is -2.17. The number of rotatable bonds is 10. The van der Waals surface area contributed by atoms with Gasteiger partial charge in [0.05, 0.1) is 0 Å². The first kappa shape index (κ1) is 27.9. The number of para-hydroxylation sites is 4. The molecular formula is C65H50GeN4OPt-2. The van der Waals surface area contributed by atoms with Crippen LogP contribution in [-0.4, -0.2) is 27.4 Å². The topological polar surface area (TPSA) is 35.9 Å². The first-order chi connectivity index (χ1) is 43.9. The molecule has 12 rings (SSSR count). The molecule has 7 heteroatoms. The third-order valence-electron chi connectivity index (χ3n) is 12.2. The predicted octanol–water partition coefficient (Wildman–Crippen LogP) is 13.3. The Labute approximate surface area is 469 Å². The van der Waals surface area contributed by atoms with Gasteiger partial charge in [0, 0.05) is 38.5 Å². The van der Waals surface area contributed by atoms with Crippen LogP contribution in [0.2, 0.25) is 5.68 Å². The van der Waals surface area contributed by atoms with Gasteiger partial charge in [-0.25, -0.2) is 4.98 Å². The SMILES string of the molecule is [2H]c1c([2H])c([2H])c(-c2cccc(-c3c([2H])c([2H])c([2H])[c]([Ge]([c]4c([2H])c([2H])c([2H])c([2H])c4[2H])([c]4c([2H])c([2H])c([2H])c([2H])c4[2H])[C]([2H])([2H])[2H])c3[2H])c2-[n+]2[c-]n(-c3[c-]c(Oc4[c-]c5c(cc4)c4ccccc4n5-c4cc(C(C)(C)C)ccn4)ccc3)c3ccccc32)c([2H])c1[2H].[Pt]. The molecule has 0 unspecified atom stereocenters. The molecule has 0 saturated carbocycles. The first-order valence-corrected chi connectivity index (χ1v) is 26.6. The van der Waals surface area contributed by atoms with Crippen LogP contribution in [0.4, 0.5) is 0 Å². The van der Waals surface area contributed by atoms with Crippen LogP contribution in [0.25, 0.3) is 72.3 Å². The molecule has 0 N–H and O–H groups in total. The second kappa shape index (κ2) is 19.2. The minimum Gasteiger partial charge on any atom is 0 e. The van der Waals surface area contributed by atoms with Gasteiger partial charge in [0.1, 0.15) is 5.82 Å². The second-order valence-electron chi connectivity index (χ2n) is 17.6. The van der Waals surface area contributed by atoms with E-state index in [9.17, 15) is 17.8 Å². The molecule has 9 aromatic carbocycles. The summed E-state index contributed by atoms with van der Waals surface area (Å²) in [5.74, 6) is 1.20. The Morgan fingerprint density at radius 1 is 0.611 bits per heavy atom. The van der Waals surface area contributed by atoms with E-state index in [1.54, 1.807) is 59.3 Å². The standard InChI is InChI=1S/C65H50GeN4O.Pt/c1-65(2,3)48-39-40-67-63(42-48)70-59-34-15-14-31-57(59)58-38-37-54(44-62(58)70)71-53-30-19-29-52(43-53)68-45-69(61-36-17-16-35-60(61)68)64-55(46-21-8-5-9-22-46)32-20-33-56(64)47-23-18-28-51(41-47)66(4,49-24-10-6-11-25-49)50-26-12-7-13-27-50;/h5-42H,1-4H3;/q-2;/i4D3,5D,6D,7D,8D,9D,10D,11D,12D,13D,18D,21D,22D,23D,24D,25D,26D,27D,28D,41D;. The Morgan fingerprint density at radius 2 is 1.25 bits per heavy atom. The van der Waals surface area contributed by atoms with Crippen molar-refractivity contribution >= 4 is 59.3 Å². The van der Waals surface area contributed by atoms with E-state index in [0.717, 1.165) is 21.9 Å². The second-order valence-corrected chi connectivity index (χ2v) is 23.8. The Bertz CT molecular complexity index is 5040. The number of nitrogens with zero attached hydrogens (tertiary/aromatic N) is 4. The minimum atomic E-state index is -7.21. The molecule has 0 spiro atoms. The van der Waals surface area contributed by atoms with Crippen molar-refractivity contribution in [1.29, 1.82) is 0 Å². The van der Waals surface area contributed by atoms with Crippen LogP contribution in [0, 0.1) is 18.5 Å². The molecule has 5 nitrogen and oxygen atoms in total. The van der Waals surface area contributed by atoms with Crippen molar-refractivity contribution in [1.82, 2.24) is 14.1 Å². The zero-order chi connectivity index (χ0) is 67.1. The molecule has 72 heavy (non-hydrogen) atoms. The number of benzene rings is 9. The first-order valence-electron chi connectivity index (χ1n) is 33.4. The summed E-state index contributed by atoms with van der Waals surface area (Å²) in [6.45, 7) is 6.37. The number of ether oxygens (including phenoxy) is 1. The van der Waals surface area contributed by atoms with Crippen LogP contribution in [0.5, 0.6) is 11.5 Å². The third-order valence-corrected chi connectivity index (χ3v) is 18.5. The fourth-order valence-electron chi connectivity index (χ4n) is 8.82. The number of imidazole rings is 1. The van der Waals surface area contributed by atoms with E-state index in [1.807, 2.05) is 47.0 Å². The van der Waals surface area contributed by atoms with Gasteiger partial charge in [-0.3, -0.25) is 0 Å². The number of fused-ring (bicyclic) bond motifs is 4. The molecule has 0 amide bonds. The predicted molar refractivity (Wildman–Crippen MR) is 293 cm³/mol. The van der Waals surface area contributed by atoms with Gasteiger partial charge in [-0.15, -0.1) is 17.5 Å². The van der Waals surface area contributed by atoms with Crippen molar-refractivity contribution in [3.63, 3.8) is 0 Å². The molecule has 0 saturated heterocycles. The van der Waals surface area contributed by atoms with E-state index in [4.69, 9.17) is 22.1 Å². The average Bonchev–Trinajstić information content (AvgIpc) is 0.902. The van der Waals surface area contributed by atoms with Crippen molar-refractivity contribution in [3.8, 4) is 50.9 Å². The molecule has 0 radical (unpaired) electrons. The molecule has 3 heterocycles. The molecule has 0 aliphatic rings. The fourth-order valence-corrected chi connectivity index (χ4v) is 13.7. The maximum Gasteiger partial charge on any atom is 0 e. The maximum atomic E-state index is 10.4. The summed E-state index contributed by atoms with van der Waals surface area (Å²) in [4.78, 5) is 4.79. The van der Waals surface area contributed by atoms with E-state index in [0.29, 0.717) is 28.3 Å². The molecule has 0 fully saturated rings. The zero-order valence-electron chi connectivity index (χ0n) is 60.5. The van der Waals surface area contributed by atoms with Crippen LogP contribution in [0.15, 0.2) is 230 Å². The summed E-state index contributed by atoms with van der Waals surface area (Å²) in [7, 11) is 0. The van der Waals surface area contributed by atoms with Gasteiger partial charge in [-0.1, -0.05) is 44.5 Å². The summed E-state index contributed by atoms with van der Waals surface area (Å²) in [6.07, 6.45) is 5.09. The Kier molecular flexibility index (Phi) is 7.44. The minimum absolute atomic E-state index is 0. The van der Waals surface area contributed by atoms with Crippen molar-refractivity contribution < 1.29 is 60.5 Å². The number of aromatic nitrogens is 4. The van der Waals surface area contributed by atoms with Gasteiger partial charge in [-0.2, -0.15) is 6.07 Å². The zero-order valence-corrected chi connectivity index (χ0v) is 42.9. The molecule has 0 aliphatic carbocycles. The van der Waals surface area contributed by atoms with Gasteiger partial charge >= 0.3 is 314 Å². The van der Waals surface area contributed by atoms with E-state index in [-0.39, 0.29) is 54.6 Å². The Morgan fingerprint density at radius 3 is 1.99 bits per heavy atom. The number of hydrogen-bond acceptors (Lipinski definition) is 2. The van der Waals surface area contributed by atoms with Gasteiger partial charge in [0.25, 0.3) is 0 Å². The molecule has 352 valence electrons. The van der Waals surface area contributed by atoms with Crippen LogP contribution >= 0.6 is 0 Å².